The summed E-state index contributed by atoms with van der Waals surface area (Å²) in [5.41, 5.74) is 0.938. The van der Waals surface area contributed by atoms with Gasteiger partial charge in [0.2, 0.25) is 10.0 Å². The molecule has 0 unspecified atom stereocenters. The first-order chi connectivity index (χ1) is 11.4. The maximum Gasteiger partial charge on any atom is 0.276 e. The number of pyridine rings is 1. The summed E-state index contributed by atoms with van der Waals surface area (Å²) in [7, 11) is -3.30. The van der Waals surface area contributed by atoms with Gasteiger partial charge in [-0.15, -0.1) is 0 Å². The molecule has 1 N–H and O–H groups in total. The van der Waals surface area contributed by atoms with Gasteiger partial charge in [0.25, 0.3) is 5.91 Å². The van der Waals surface area contributed by atoms with Crippen LogP contribution in [0.25, 0.3) is 11.3 Å². The van der Waals surface area contributed by atoms with Crippen molar-refractivity contribution in [1.29, 1.82) is 0 Å². The van der Waals surface area contributed by atoms with Crippen LogP contribution in [-0.4, -0.2) is 54.8 Å². The van der Waals surface area contributed by atoms with Gasteiger partial charge in [-0.2, -0.15) is 0 Å². The van der Waals surface area contributed by atoms with Crippen LogP contribution in [-0.2, 0) is 10.0 Å². The zero-order valence-electron chi connectivity index (χ0n) is 13.2. The third-order valence-electron chi connectivity index (χ3n) is 3.76. The molecule has 3 rings (SSSR count). The molecule has 1 saturated heterocycles. The molecule has 0 aromatic carbocycles. The molecule has 2 aromatic rings. The largest absolute Gasteiger partial charge is 0.355 e. The molecule has 0 radical (unpaired) electrons. The van der Waals surface area contributed by atoms with Crippen molar-refractivity contribution in [2.75, 3.05) is 19.3 Å². The monoisotopic (exact) mass is 350 g/mol. The van der Waals surface area contributed by atoms with Gasteiger partial charge in [-0.25, -0.2) is 13.1 Å². The number of sulfonamides is 1. The van der Waals surface area contributed by atoms with Gasteiger partial charge in [0.15, 0.2) is 11.5 Å². The van der Waals surface area contributed by atoms with Gasteiger partial charge in [0, 0.05) is 43.2 Å². The fraction of sp³-hybridized carbons (Fsp3) is 0.400. The van der Waals surface area contributed by atoms with Crippen LogP contribution in [0.1, 0.15) is 23.3 Å². The van der Waals surface area contributed by atoms with E-state index in [1.807, 2.05) is 6.07 Å². The summed E-state index contributed by atoms with van der Waals surface area (Å²) in [6.45, 7) is 0.886. The lowest BCUT2D eigenvalue weighted by atomic mass is 10.1. The van der Waals surface area contributed by atoms with Crippen molar-refractivity contribution in [2.45, 2.75) is 18.9 Å². The Balaban J connectivity index is 1.71. The molecule has 1 amide bonds. The molecule has 1 aliphatic heterocycles. The first-order valence-corrected chi connectivity index (χ1v) is 9.45. The van der Waals surface area contributed by atoms with Gasteiger partial charge in [0.1, 0.15) is 0 Å². The average Bonchev–Trinajstić information content (AvgIpc) is 3.03. The lowest BCUT2D eigenvalue weighted by Gasteiger charge is -2.32. The van der Waals surface area contributed by atoms with Crippen molar-refractivity contribution in [3.05, 3.63) is 36.3 Å². The second-order valence-electron chi connectivity index (χ2n) is 5.80. The van der Waals surface area contributed by atoms with E-state index >= 15 is 0 Å². The number of rotatable bonds is 4. The first kappa shape index (κ1) is 16.6. The number of hydrogen-bond donors (Lipinski definition) is 1. The highest BCUT2D eigenvalue weighted by Gasteiger charge is 2.28. The standard InChI is InChI=1S/C15H18N4O4S/c1-24(21,22)18-12-5-3-7-19(10-12)15(20)13-8-14(23-17-13)11-4-2-6-16-9-11/h2,4,6,8-9,12,18H,3,5,7,10H2,1H3/t12-/m1/s1. The van der Waals surface area contributed by atoms with Crippen molar-refractivity contribution >= 4 is 15.9 Å². The van der Waals surface area contributed by atoms with E-state index in [9.17, 15) is 13.2 Å². The predicted molar refractivity (Wildman–Crippen MR) is 86.6 cm³/mol. The smallest absolute Gasteiger partial charge is 0.276 e. The average molecular weight is 350 g/mol. The highest BCUT2D eigenvalue weighted by Crippen LogP contribution is 2.21. The van der Waals surface area contributed by atoms with Gasteiger partial charge in [0.05, 0.1) is 6.26 Å². The molecule has 128 valence electrons. The Kier molecular flexibility index (Phi) is 4.63. The fourth-order valence-corrected chi connectivity index (χ4v) is 3.54. The van der Waals surface area contributed by atoms with Gasteiger partial charge < -0.3 is 9.42 Å². The number of nitrogens with zero attached hydrogens (tertiary/aromatic N) is 3. The number of amides is 1. The molecule has 1 fully saturated rings. The van der Waals surface area contributed by atoms with Crippen LogP contribution in [0.4, 0.5) is 0 Å². The number of hydrogen-bond acceptors (Lipinski definition) is 6. The van der Waals surface area contributed by atoms with Crippen molar-refractivity contribution in [3.63, 3.8) is 0 Å². The lowest BCUT2D eigenvalue weighted by Crippen LogP contribution is -2.49. The fourth-order valence-electron chi connectivity index (χ4n) is 2.74. The second kappa shape index (κ2) is 6.70. The van der Waals surface area contributed by atoms with Crippen molar-refractivity contribution < 1.29 is 17.7 Å². The van der Waals surface area contributed by atoms with Crippen molar-refractivity contribution in [2.24, 2.45) is 0 Å². The molecule has 0 bridgehead atoms. The molecule has 2 aromatic heterocycles. The van der Waals surface area contributed by atoms with Gasteiger partial charge in [-0.05, 0) is 25.0 Å². The Bertz CT molecular complexity index is 819. The number of nitrogens with one attached hydrogen (secondary N) is 1. The van der Waals surface area contributed by atoms with E-state index in [4.69, 9.17) is 4.52 Å². The normalized spacial score (nSPS) is 18.5. The minimum Gasteiger partial charge on any atom is -0.355 e. The van der Waals surface area contributed by atoms with Crippen molar-refractivity contribution in [1.82, 2.24) is 19.8 Å². The zero-order chi connectivity index (χ0) is 17.2. The molecular weight excluding hydrogens is 332 g/mol. The Morgan fingerprint density at radius 1 is 1.46 bits per heavy atom. The second-order valence-corrected chi connectivity index (χ2v) is 7.58. The van der Waals surface area contributed by atoms with Crippen LogP contribution in [0.2, 0.25) is 0 Å². The Labute approximate surface area is 139 Å². The van der Waals surface area contributed by atoms with Gasteiger partial charge in [-0.3, -0.25) is 9.78 Å². The highest BCUT2D eigenvalue weighted by atomic mass is 32.2. The Morgan fingerprint density at radius 2 is 2.29 bits per heavy atom. The van der Waals surface area contributed by atoms with E-state index in [0.29, 0.717) is 25.3 Å². The van der Waals surface area contributed by atoms with E-state index in [-0.39, 0.29) is 17.6 Å². The first-order valence-electron chi connectivity index (χ1n) is 7.56. The molecule has 3 heterocycles. The summed E-state index contributed by atoms with van der Waals surface area (Å²) in [5.74, 6) is 0.197. The molecule has 9 heteroatoms. The SMILES string of the molecule is CS(=O)(=O)N[C@@H]1CCCN(C(=O)c2cc(-c3cccnc3)on2)C1. The van der Waals surface area contributed by atoms with Crippen LogP contribution in [0.15, 0.2) is 35.1 Å². The highest BCUT2D eigenvalue weighted by molar-refractivity contribution is 7.88. The summed E-state index contributed by atoms with van der Waals surface area (Å²) in [6.07, 6.45) is 5.82. The minimum atomic E-state index is -3.30. The molecule has 24 heavy (non-hydrogen) atoms. The predicted octanol–water partition coefficient (Wildman–Crippen LogP) is 0.890. The van der Waals surface area contributed by atoms with E-state index in [1.165, 1.54) is 0 Å². The lowest BCUT2D eigenvalue weighted by molar-refractivity contribution is 0.0692. The Morgan fingerprint density at radius 3 is 3.00 bits per heavy atom. The summed E-state index contributed by atoms with van der Waals surface area (Å²) >= 11 is 0. The molecule has 8 nitrogen and oxygen atoms in total. The van der Waals surface area contributed by atoms with E-state index in [1.54, 1.807) is 29.4 Å². The summed E-state index contributed by atoms with van der Waals surface area (Å²) in [4.78, 5) is 18.2. The molecule has 0 aliphatic carbocycles. The third kappa shape index (κ3) is 3.98. The minimum absolute atomic E-state index is 0.203. The van der Waals surface area contributed by atoms with Crippen LogP contribution < -0.4 is 4.72 Å². The quantitative estimate of drug-likeness (QED) is 0.878. The number of carbonyl (C=O) groups excluding carboxylic acids is 1. The molecule has 0 spiro atoms. The maximum absolute atomic E-state index is 12.6. The maximum atomic E-state index is 12.6. The van der Waals surface area contributed by atoms with Crippen LogP contribution in [0.5, 0.6) is 0 Å². The Hall–Kier alpha value is -2.26. The van der Waals surface area contributed by atoms with Gasteiger partial charge >= 0.3 is 0 Å². The number of likely N-dealkylation sites (tertiary alicyclic amines) is 1. The van der Waals surface area contributed by atoms with Crippen molar-refractivity contribution in [3.8, 4) is 11.3 Å². The summed E-state index contributed by atoms with van der Waals surface area (Å²) in [5, 5.41) is 3.83. The molecule has 0 saturated carbocycles. The van der Waals surface area contributed by atoms with Gasteiger partial charge in [-0.1, -0.05) is 5.16 Å². The molecule has 1 aliphatic rings. The number of aromatic nitrogens is 2. The van der Waals surface area contributed by atoms with Crippen LogP contribution in [0, 0.1) is 0 Å². The molecule has 1 atom stereocenters. The zero-order valence-corrected chi connectivity index (χ0v) is 14.0. The van der Waals surface area contributed by atoms with E-state index in [2.05, 4.69) is 14.9 Å². The summed E-state index contributed by atoms with van der Waals surface area (Å²) in [6, 6.07) is 4.88. The number of carbonyl (C=O) groups is 1. The van der Waals surface area contributed by atoms with Crippen LogP contribution >= 0.6 is 0 Å². The molecular formula is C15H18N4O4S. The van der Waals surface area contributed by atoms with E-state index < -0.39 is 10.0 Å². The topological polar surface area (TPSA) is 105 Å². The van der Waals surface area contributed by atoms with E-state index in [0.717, 1.165) is 18.2 Å². The summed E-state index contributed by atoms with van der Waals surface area (Å²) < 4.78 is 30.5. The third-order valence-corrected chi connectivity index (χ3v) is 4.53. The number of piperidine rings is 1. The van der Waals surface area contributed by atoms with Crippen LogP contribution in [0.3, 0.4) is 0 Å².